The third kappa shape index (κ3) is 2.35. The van der Waals surface area contributed by atoms with Gasteiger partial charge in [-0.2, -0.15) is 0 Å². The van der Waals surface area contributed by atoms with Gasteiger partial charge in [0.25, 0.3) is 0 Å². The molecule has 0 saturated carbocycles. The van der Waals surface area contributed by atoms with E-state index in [1.54, 1.807) is 12.4 Å². The zero-order chi connectivity index (χ0) is 14.9. The summed E-state index contributed by atoms with van der Waals surface area (Å²) in [6.45, 7) is 3.52. The summed E-state index contributed by atoms with van der Waals surface area (Å²) < 4.78 is 2.09. The number of anilines is 2. The van der Waals surface area contributed by atoms with E-state index in [1.165, 1.54) is 0 Å². The fraction of sp³-hybridized carbons (Fsp3) is 0.267. The molecule has 0 radical (unpaired) electrons. The fourth-order valence-electron chi connectivity index (χ4n) is 2.79. The lowest BCUT2D eigenvalue weighted by Gasteiger charge is -2.35. The molecule has 0 aliphatic carbocycles. The summed E-state index contributed by atoms with van der Waals surface area (Å²) in [7, 11) is 0. The molecule has 0 amide bonds. The van der Waals surface area contributed by atoms with Crippen molar-refractivity contribution in [3.8, 4) is 0 Å². The van der Waals surface area contributed by atoms with Crippen LogP contribution in [-0.4, -0.2) is 45.5 Å². The van der Waals surface area contributed by atoms with Crippen LogP contribution in [0.3, 0.4) is 0 Å². The molecule has 1 fully saturated rings. The Hall–Kier alpha value is -2.34. The van der Waals surface area contributed by atoms with E-state index in [1.807, 2.05) is 24.7 Å². The molecule has 112 valence electrons. The lowest BCUT2D eigenvalue weighted by molar-refractivity contribution is 0.635. The van der Waals surface area contributed by atoms with Gasteiger partial charge in [0.2, 0.25) is 5.95 Å². The molecule has 0 aromatic carbocycles. The molecule has 0 N–H and O–H groups in total. The second-order valence-electron chi connectivity index (χ2n) is 5.23. The Balaban J connectivity index is 1.52. The third-order valence-corrected chi connectivity index (χ3v) is 4.10. The van der Waals surface area contributed by atoms with Crippen LogP contribution in [-0.2, 0) is 0 Å². The van der Waals surface area contributed by atoms with E-state index >= 15 is 0 Å². The minimum absolute atomic E-state index is 0.562. The van der Waals surface area contributed by atoms with E-state index in [0.717, 1.165) is 43.5 Å². The number of fused-ring (bicyclic) bond motifs is 1. The van der Waals surface area contributed by atoms with Gasteiger partial charge in [-0.3, -0.25) is 0 Å². The van der Waals surface area contributed by atoms with Gasteiger partial charge in [-0.1, -0.05) is 11.6 Å². The van der Waals surface area contributed by atoms with Crippen LogP contribution in [0.4, 0.5) is 11.8 Å². The molecule has 0 spiro atoms. The van der Waals surface area contributed by atoms with Crippen LogP contribution < -0.4 is 9.80 Å². The van der Waals surface area contributed by atoms with Gasteiger partial charge in [0.05, 0.1) is 22.9 Å². The summed E-state index contributed by atoms with van der Waals surface area (Å²) in [4.78, 5) is 17.6. The largest absolute Gasteiger partial charge is 0.351 e. The van der Waals surface area contributed by atoms with Gasteiger partial charge in [-0.25, -0.2) is 15.0 Å². The van der Waals surface area contributed by atoms with Crippen molar-refractivity contribution in [1.82, 2.24) is 19.4 Å². The monoisotopic (exact) mass is 314 g/mol. The Bertz CT molecular complexity index is 776. The predicted octanol–water partition coefficient (Wildman–Crippen LogP) is 2.10. The van der Waals surface area contributed by atoms with E-state index in [4.69, 9.17) is 11.6 Å². The summed E-state index contributed by atoms with van der Waals surface area (Å²) in [5, 5.41) is 0.562. The van der Waals surface area contributed by atoms with Crippen LogP contribution >= 0.6 is 11.6 Å². The normalized spacial score (nSPS) is 15.5. The first-order valence-corrected chi connectivity index (χ1v) is 7.58. The molecule has 1 saturated heterocycles. The molecule has 0 unspecified atom stereocenters. The molecule has 4 rings (SSSR count). The molecule has 22 heavy (non-hydrogen) atoms. The van der Waals surface area contributed by atoms with Crippen molar-refractivity contribution in [3.63, 3.8) is 0 Å². The lowest BCUT2D eigenvalue weighted by atomic mass is 10.3. The van der Waals surface area contributed by atoms with Crippen LogP contribution in [0.2, 0.25) is 5.02 Å². The molecule has 3 aromatic rings. The molecule has 0 atom stereocenters. The average molecular weight is 315 g/mol. The summed E-state index contributed by atoms with van der Waals surface area (Å²) in [6.07, 6.45) is 9.13. The first-order valence-electron chi connectivity index (χ1n) is 7.20. The molecule has 7 heteroatoms. The van der Waals surface area contributed by atoms with Crippen molar-refractivity contribution in [1.29, 1.82) is 0 Å². The Kier molecular flexibility index (Phi) is 3.31. The number of hydrogen-bond donors (Lipinski definition) is 0. The average Bonchev–Trinajstić information content (AvgIpc) is 3.04. The van der Waals surface area contributed by atoms with Crippen molar-refractivity contribution in [2.45, 2.75) is 0 Å². The standard InChI is InChI=1S/C15H15ClN6/c16-12-10-18-15(19-11-12)22-8-6-21(7-9-22)14-13-2-1-4-20(13)5-3-17-14/h1-5,10-11H,6-9H2. The Labute approximate surface area is 133 Å². The third-order valence-electron chi connectivity index (χ3n) is 3.90. The van der Waals surface area contributed by atoms with E-state index < -0.39 is 0 Å². The molecular weight excluding hydrogens is 300 g/mol. The SMILES string of the molecule is Clc1cnc(N2CCN(c3nccn4cccc34)CC2)nc1. The smallest absolute Gasteiger partial charge is 0.225 e. The summed E-state index contributed by atoms with van der Waals surface area (Å²) in [5.74, 6) is 1.77. The van der Waals surface area contributed by atoms with Gasteiger partial charge >= 0.3 is 0 Å². The van der Waals surface area contributed by atoms with Crippen LogP contribution in [0.25, 0.3) is 5.52 Å². The van der Waals surface area contributed by atoms with E-state index in [0.29, 0.717) is 5.02 Å². The highest BCUT2D eigenvalue weighted by molar-refractivity contribution is 6.30. The van der Waals surface area contributed by atoms with E-state index in [9.17, 15) is 0 Å². The highest BCUT2D eigenvalue weighted by Gasteiger charge is 2.21. The van der Waals surface area contributed by atoms with Gasteiger partial charge in [0, 0.05) is 44.8 Å². The van der Waals surface area contributed by atoms with Crippen LogP contribution in [0.1, 0.15) is 0 Å². The Morgan fingerprint density at radius 2 is 1.64 bits per heavy atom. The fourth-order valence-corrected chi connectivity index (χ4v) is 2.88. The van der Waals surface area contributed by atoms with Crippen molar-refractivity contribution in [2.24, 2.45) is 0 Å². The second-order valence-corrected chi connectivity index (χ2v) is 5.66. The minimum atomic E-state index is 0.562. The van der Waals surface area contributed by atoms with Crippen molar-refractivity contribution >= 4 is 28.9 Å². The topological polar surface area (TPSA) is 49.6 Å². The first-order chi connectivity index (χ1) is 10.8. The lowest BCUT2D eigenvalue weighted by Crippen LogP contribution is -2.47. The zero-order valence-electron chi connectivity index (χ0n) is 11.9. The molecule has 1 aliphatic heterocycles. The number of hydrogen-bond acceptors (Lipinski definition) is 5. The number of aromatic nitrogens is 4. The summed E-state index contributed by atoms with van der Waals surface area (Å²) in [6, 6.07) is 4.13. The maximum absolute atomic E-state index is 5.84. The highest BCUT2D eigenvalue weighted by atomic mass is 35.5. The van der Waals surface area contributed by atoms with Crippen LogP contribution in [0, 0.1) is 0 Å². The zero-order valence-corrected chi connectivity index (χ0v) is 12.7. The van der Waals surface area contributed by atoms with E-state index in [2.05, 4.69) is 35.2 Å². The number of nitrogens with zero attached hydrogens (tertiary/aromatic N) is 6. The molecule has 6 nitrogen and oxygen atoms in total. The van der Waals surface area contributed by atoms with Crippen molar-refractivity contribution in [3.05, 3.63) is 48.1 Å². The molecule has 1 aliphatic rings. The first kappa shape index (κ1) is 13.3. The summed E-state index contributed by atoms with van der Waals surface area (Å²) >= 11 is 5.84. The molecule has 3 aromatic heterocycles. The van der Waals surface area contributed by atoms with Gasteiger partial charge in [-0.15, -0.1) is 0 Å². The summed E-state index contributed by atoms with van der Waals surface area (Å²) in [5.41, 5.74) is 1.14. The molecule has 0 bridgehead atoms. The molecular formula is C15H15ClN6. The Morgan fingerprint density at radius 1 is 0.909 bits per heavy atom. The Morgan fingerprint density at radius 3 is 2.41 bits per heavy atom. The maximum Gasteiger partial charge on any atom is 0.225 e. The molecule has 4 heterocycles. The van der Waals surface area contributed by atoms with Crippen molar-refractivity contribution in [2.75, 3.05) is 36.0 Å². The highest BCUT2D eigenvalue weighted by Crippen LogP contribution is 2.21. The number of halogens is 1. The van der Waals surface area contributed by atoms with Gasteiger partial charge < -0.3 is 14.2 Å². The second kappa shape index (κ2) is 5.46. The van der Waals surface area contributed by atoms with Crippen molar-refractivity contribution < 1.29 is 0 Å². The quantitative estimate of drug-likeness (QED) is 0.725. The van der Waals surface area contributed by atoms with Gasteiger partial charge in [0.1, 0.15) is 0 Å². The van der Waals surface area contributed by atoms with E-state index in [-0.39, 0.29) is 0 Å². The van der Waals surface area contributed by atoms with Crippen LogP contribution in [0.5, 0.6) is 0 Å². The number of rotatable bonds is 2. The van der Waals surface area contributed by atoms with Gasteiger partial charge in [-0.05, 0) is 12.1 Å². The minimum Gasteiger partial charge on any atom is -0.351 e. The van der Waals surface area contributed by atoms with Gasteiger partial charge in [0.15, 0.2) is 5.82 Å². The number of piperazine rings is 1. The maximum atomic E-state index is 5.84. The predicted molar refractivity (Wildman–Crippen MR) is 86.7 cm³/mol. The van der Waals surface area contributed by atoms with Crippen LogP contribution in [0.15, 0.2) is 43.1 Å².